The summed E-state index contributed by atoms with van der Waals surface area (Å²) in [6, 6.07) is 4.49. The Labute approximate surface area is 112 Å². The number of carbonyl (C=O) groups is 1. The molecule has 102 valence electrons. The van der Waals surface area contributed by atoms with Crippen LogP contribution in [-0.2, 0) is 0 Å². The molecule has 0 N–H and O–H groups in total. The van der Waals surface area contributed by atoms with E-state index in [0.29, 0.717) is 13.1 Å². The normalized spacial score (nSPS) is 17.1. The molecule has 4 nitrogen and oxygen atoms in total. The maximum Gasteiger partial charge on any atom is 0.256 e. The van der Waals surface area contributed by atoms with Gasteiger partial charge < -0.3 is 9.80 Å². The summed E-state index contributed by atoms with van der Waals surface area (Å²) < 4.78 is 13.8. The minimum absolute atomic E-state index is 0.127. The quantitative estimate of drug-likeness (QED) is 0.753. The third-order valence-electron chi connectivity index (χ3n) is 3.29. The summed E-state index contributed by atoms with van der Waals surface area (Å²) in [5, 5.41) is 0. The molecule has 1 fully saturated rings. The van der Waals surface area contributed by atoms with Gasteiger partial charge in [0.05, 0.1) is 5.56 Å². The number of likely N-dealkylation sites (N-methyl/N-ethyl adjacent to an activating group) is 1. The highest BCUT2D eigenvalue weighted by Crippen LogP contribution is 2.14. The Morgan fingerprint density at radius 1 is 1.32 bits per heavy atom. The molecule has 0 spiro atoms. The topological polar surface area (TPSA) is 35.9 Å². The summed E-state index contributed by atoms with van der Waals surface area (Å²) in [5.41, 5.74) is 0.864. The Morgan fingerprint density at radius 2 is 2.00 bits per heavy atom. The van der Waals surface area contributed by atoms with Crippen molar-refractivity contribution < 1.29 is 9.18 Å². The van der Waals surface area contributed by atoms with Gasteiger partial charge in [0.25, 0.3) is 5.91 Å². The minimum Gasteiger partial charge on any atom is -0.336 e. The van der Waals surface area contributed by atoms with Crippen molar-refractivity contribution >= 4 is 12.1 Å². The number of hydrogen-bond acceptors (Lipinski definition) is 3. The van der Waals surface area contributed by atoms with Gasteiger partial charge in [-0.3, -0.25) is 9.79 Å². The van der Waals surface area contributed by atoms with Crippen molar-refractivity contribution in [2.45, 2.75) is 0 Å². The van der Waals surface area contributed by atoms with Gasteiger partial charge in [-0.1, -0.05) is 6.07 Å². The molecule has 0 unspecified atom stereocenters. The highest BCUT2D eigenvalue weighted by atomic mass is 19.1. The minimum atomic E-state index is -0.475. The molecular weight excluding hydrogens is 245 g/mol. The van der Waals surface area contributed by atoms with E-state index < -0.39 is 5.82 Å². The predicted molar refractivity (Wildman–Crippen MR) is 73.3 cm³/mol. The van der Waals surface area contributed by atoms with E-state index in [-0.39, 0.29) is 11.5 Å². The first-order chi connectivity index (χ1) is 9.11. The fourth-order valence-corrected chi connectivity index (χ4v) is 2.12. The van der Waals surface area contributed by atoms with Crippen molar-refractivity contribution in [1.29, 1.82) is 0 Å². The first kappa shape index (κ1) is 13.7. The molecule has 0 bridgehead atoms. The molecule has 0 saturated carbocycles. The molecule has 1 aromatic carbocycles. The second-order valence-corrected chi connectivity index (χ2v) is 4.72. The summed E-state index contributed by atoms with van der Waals surface area (Å²) in [4.78, 5) is 20.0. The van der Waals surface area contributed by atoms with Crippen LogP contribution in [0.15, 0.2) is 23.2 Å². The largest absolute Gasteiger partial charge is 0.336 e. The average Bonchev–Trinajstić information content (AvgIpc) is 2.41. The second kappa shape index (κ2) is 5.93. The first-order valence-corrected chi connectivity index (χ1v) is 6.31. The van der Waals surface area contributed by atoms with E-state index in [4.69, 9.17) is 0 Å². The van der Waals surface area contributed by atoms with E-state index in [0.717, 1.165) is 18.7 Å². The van der Waals surface area contributed by atoms with Gasteiger partial charge in [-0.2, -0.15) is 0 Å². The number of rotatable bonds is 2. The van der Waals surface area contributed by atoms with Crippen molar-refractivity contribution in [3.63, 3.8) is 0 Å². The molecule has 0 aliphatic carbocycles. The molecule has 1 heterocycles. The second-order valence-electron chi connectivity index (χ2n) is 4.72. The Bertz CT molecular complexity index is 493. The lowest BCUT2D eigenvalue weighted by Crippen LogP contribution is -2.47. The lowest BCUT2D eigenvalue weighted by Gasteiger charge is -2.32. The molecule has 1 aliphatic heterocycles. The fourth-order valence-electron chi connectivity index (χ4n) is 2.12. The number of aliphatic imine (C=N–C) groups is 1. The molecule has 1 aromatic rings. The van der Waals surface area contributed by atoms with Crippen molar-refractivity contribution in [1.82, 2.24) is 9.80 Å². The fraction of sp³-hybridized carbons (Fsp3) is 0.429. The van der Waals surface area contributed by atoms with Crippen LogP contribution in [0.25, 0.3) is 0 Å². The van der Waals surface area contributed by atoms with E-state index in [2.05, 4.69) is 9.89 Å². The van der Waals surface area contributed by atoms with Gasteiger partial charge in [0.2, 0.25) is 0 Å². The number of carbonyl (C=O) groups excluding carboxylic acids is 1. The molecule has 0 radical (unpaired) electrons. The van der Waals surface area contributed by atoms with Crippen LogP contribution in [0.1, 0.15) is 15.9 Å². The van der Waals surface area contributed by atoms with Gasteiger partial charge in [-0.15, -0.1) is 0 Å². The van der Waals surface area contributed by atoms with Gasteiger partial charge in [-0.05, 0) is 24.7 Å². The Balaban J connectivity index is 2.20. The monoisotopic (exact) mass is 263 g/mol. The lowest BCUT2D eigenvalue weighted by molar-refractivity contribution is 0.0659. The van der Waals surface area contributed by atoms with Crippen LogP contribution in [0.4, 0.5) is 4.39 Å². The summed E-state index contributed by atoms with van der Waals surface area (Å²) >= 11 is 0. The number of benzene rings is 1. The van der Waals surface area contributed by atoms with Gasteiger partial charge in [0, 0.05) is 39.4 Å². The highest BCUT2D eigenvalue weighted by Gasteiger charge is 2.22. The molecule has 2 rings (SSSR count). The zero-order valence-corrected chi connectivity index (χ0v) is 11.3. The molecular formula is C14H18FN3O. The predicted octanol–water partition coefficient (Wildman–Crippen LogP) is 1.26. The molecule has 19 heavy (non-hydrogen) atoms. The van der Waals surface area contributed by atoms with Crippen LogP contribution < -0.4 is 0 Å². The molecule has 1 amide bonds. The van der Waals surface area contributed by atoms with Crippen molar-refractivity contribution in [2.75, 3.05) is 40.3 Å². The molecule has 5 heteroatoms. The zero-order chi connectivity index (χ0) is 13.8. The number of halogens is 1. The van der Waals surface area contributed by atoms with Crippen molar-refractivity contribution in [2.24, 2.45) is 4.99 Å². The maximum atomic E-state index is 13.8. The number of hydrogen-bond donors (Lipinski definition) is 0. The highest BCUT2D eigenvalue weighted by molar-refractivity contribution is 5.96. The Kier molecular flexibility index (Phi) is 4.27. The van der Waals surface area contributed by atoms with E-state index in [1.807, 2.05) is 7.05 Å². The zero-order valence-electron chi connectivity index (χ0n) is 11.3. The van der Waals surface area contributed by atoms with Gasteiger partial charge in [-0.25, -0.2) is 4.39 Å². The van der Waals surface area contributed by atoms with E-state index in [1.165, 1.54) is 6.07 Å². The summed E-state index contributed by atoms with van der Waals surface area (Å²) in [6.45, 7) is 2.93. The van der Waals surface area contributed by atoms with Crippen molar-refractivity contribution in [3.8, 4) is 0 Å². The number of nitrogens with zero attached hydrogens (tertiary/aromatic N) is 3. The smallest absolute Gasteiger partial charge is 0.256 e. The summed E-state index contributed by atoms with van der Waals surface area (Å²) in [5.74, 6) is -0.714. The van der Waals surface area contributed by atoms with Gasteiger partial charge in [0.1, 0.15) is 5.82 Å². The number of piperazine rings is 1. The van der Waals surface area contributed by atoms with Crippen LogP contribution in [0.5, 0.6) is 0 Å². The van der Waals surface area contributed by atoms with Gasteiger partial charge in [0.15, 0.2) is 0 Å². The third-order valence-corrected chi connectivity index (χ3v) is 3.29. The van der Waals surface area contributed by atoms with Crippen LogP contribution in [-0.4, -0.2) is 62.2 Å². The van der Waals surface area contributed by atoms with Gasteiger partial charge >= 0.3 is 0 Å². The molecule has 0 aromatic heterocycles. The SMILES string of the molecule is CN=Cc1ccc(F)c(C(=O)N2CCN(C)CC2)c1. The van der Waals surface area contributed by atoms with E-state index in [1.54, 1.807) is 30.3 Å². The number of amides is 1. The van der Waals surface area contributed by atoms with Crippen molar-refractivity contribution in [3.05, 3.63) is 35.1 Å². The van der Waals surface area contributed by atoms with Crippen LogP contribution in [0.3, 0.4) is 0 Å². The Morgan fingerprint density at radius 3 is 2.63 bits per heavy atom. The standard InChI is InChI=1S/C14H18FN3O/c1-16-10-11-3-4-13(15)12(9-11)14(19)18-7-5-17(2)6-8-18/h3-4,9-10H,5-8H2,1-2H3. The first-order valence-electron chi connectivity index (χ1n) is 6.31. The molecule has 0 atom stereocenters. The lowest BCUT2D eigenvalue weighted by atomic mass is 10.1. The van der Waals surface area contributed by atoms with E-state index >= 15 is 0 Å². The summed E-state index contributed by atoms with van der Waals surface area (Å²) in [6.07, 6.45) is 1.61. The summed E-state index contributed by atoms with van der Waals surface area (Å²) in [7, 11) is 3.66. The van der Waals surface area contributed by atoms with Crippen LogP contribution in [0, 0.1) is 5.82 Å². The molecule has 1 saturated heterocycles. The van der Waals surface area contributed by atoms with E-state index in [9.17, 15) is 9.18 Å². The third kappa shape index (κ3) is 3.17. The Hall–Kier alpha value is -1.75. The van der Waals surface area contributed by atoms with Crippen LogP contribution >= 0.6 is 0 Å². The maximum absolute atomic E-state index is 13.8. The van der Waals surface area contributed by atoms with Crippen LogP contribution in [0.2, 0.25) is 0 Å². The average molecular weight is 263 g/mol. The molecule has 1 aliphatic rings.